The van der Waals surface area contributed by atoms with Crippen LogP contribution in [0.5, 0.6) is 5.75 Å². The number of benzene rings is 2. The van der Waals surface area contributed by atoms with Gasteiger partial charge >= 0.3 is 5.97 Å². The Morgan fingerprint density at radius 2 is 1.86 bits per heavy atom. The van der Waals surface area contributed by atoms with Gasteiger partial charge < -0.3 is 14.0 Å². The Bertz CT molecular complexity index is 1110. The van der Waals surface area contributed by atoms with Crippen molar-refractivity contribution in [2.24, 2.45) is 0 Å². The maximum absolute atomic E-state index is 12.8. The second kappa shape index (κ2) is 8.41. The van der Waals surface area contributed by atoms with Crippen molar-refractivity contribution in [3.05, 3.63) is 60.0 Å². The number of esters is 1. The van der Waals surface area contributed by atoms with Gasteiger partial charge in [0.05, 0.1) is 31.2 Å². The summed E-state index contributed by atoms with van der Waals surface area (Å²) in [6, 6.07) is 12.7. The van der Waals surface area contributed by atoms with Crippen LogP contribution in [0.4, 0.5) is 0 Å². The molecule has 0 unspecified atom stereocenters. The van der Waals surface area contributed by atoms with Crippen molar-refractivity contribution in [1.29, 1.82) is 0 Å². The van der Waals surface area contributed by atoms with Crippen molar-refractivity contribution in [2.45, 2.75) is 11.4 Å². The molecule has 0 atom stereocenters. The predicted molar refractivity (Wildman–Crippen MR) is 103 cm³/mol. The molecular formula is C19H19N3O6S. The van der Waals surface area contributed by atoms with Crippen LogP contribution in [0.2, 0.25) is 0 Å². The third kappa shape index (κ3) is 4.44. The standard InChI is InChI=1S/C19H19N3O6S/c1-22(29(24,25)16-6-4-5-14(11-16)19(23)27-3)12-17-20-18(21-28-17)13-7-9-15(26-2)10-8-13/h4-11H,12H2,1-3H3. The average Bonchev–Trinajstić information content (AvgIpc) is 3.21. The minimum atomic E-state index is -3.88. The third-order valence-electron chi connectivity index (χ3n) is 4.14. The van der Waals surface area contributed by atoms with Crippen LogP contribution in [0.1, 0.15) is 16.2 Å². The van der Waals surface area contributed by atoms with Crippen molar-refractivity contribution >= 4 is 16.0 Å². The summed E-state index contributed by atoms with van der Waals surface area (Å²) in [5.41, 5.74) is 0.846. The number of nitrogens with zero attached hydrogens (tertiary/aromatic N) is 3. The number of hydrogen-bond donors (Lipinski definition) is 0. The quantitative estimate of drug-likeness (QED) is 0.539. The fourth-order valence-corrected chi connectivity index (χ4v) is 3.70. The van der Waals surface area contributed by atoms with Crippen LogP contribution >= 0.6 is 0 Å². The molecule has 152 valence electrons. The van der Waals surface area contributed by atoms with Crippen molar-refractivity contribution < 1.29 is 27.2 Å². The zero-order chi connectivity index (χ0) is 21.0. The summed E-state index contributed by atoms with van der Waals surface area (Å²) >= 11 is 0. The summed E-state index contributed by atoms with van der Waals surface area (Å²) in [6.07, 6.45) is 0. The van der Waals surface area contributed by atoms with E-state index in [0.717, 1.165) is 4.31 Å². The van der Waals surface area contributed by atoms with E-state index >= 15 is 0 Å². The molecule has 0 N–H and O–H groups in total. The molecule has 3 rings (SSSR count). The molecule has 0 aliphatic rings. The van der Waals surface area contributed by atoms with Crippen molar-refractivity contribution in [3.8, 4) is 17.1 Å². The zero-order valence-electron chi connectivity index (χ0n) is 16.0. The van der Waals surface area contributed by atoms with E-state index < -0.39 is 16.0 Å². The molecule has 10 heteroatoms. The summed E-state index contributed by atoms with van der Waals surface area (Å²) in [7, 11) is 0.298. The van der Waals surface area contributed by atoms with E-state index in [0.29, 0.717) is 17.1 Å². The fraction of sp³-hybridized carbons (Fsp3) is 0.211. The molecule has 1 heterocycles. The second-order valence-corrected chi connectivity index (χ2v) is 8.07. The molecule has 1 aromatic heterocycles. The van der Waals surface area contributed by atoms with Gasteiger partial charge in [0.25, 0.3) is 0 Å². The lowest BCUT2D eigenvalue weighted by atomic mass is 10.2. The molecule has 0 radical (unpaired) electrons. The van der Waals surface area contributed by atoms with Gasteiger partial charge in [-0.15, -0.1) is 0 Å². The van der Waals surface area contributed by atoms with Gasteiger partial charge in [0, 0.05) is 12.6 Å². The highest BCUT2D eigenvalue weighted by Crippen LogP contribution is 2.22. The number of methoxy groups -OCH3 is 2. The van der Waals surface area contributed by atoms with Gasteiger partial charge in [-0.05, 0) is 42.5 Å². The maximum Gasteiger partial charge on any atom is 0.337 e. The average molecular weight is 417 g/mol. The SMILES string of the molecule is COC(=O)c1cccc(S(=O)(=O)N(C)Cc2nc(-c3ccc(OC)cc3)no2)c1. The van der Waals surface area contributed by atoms with Crippen molar-refractivity contribution in [3.63, 3.8) is 0 Å². The molecule has 0 bridgehead atoms. The van der Waals surface area contributed by atoms with Crippen LogP contribution in [-0.2, 0) is 21.3 Å². The van der Waals surface area contributed by atoms with Crippen LogP contribution in [0.15, 0.2) is 57.9 Å². The highest BCUT2D eigenvalue weighted by molar-refractivity contribution is 7.89. The summed E-state index contributed by atoms with van der Waals surface area (Å²) < 4.78 is 41.6. The normalized spacial score (nSPS) is 11.4. The molecule has 29 heavy (non-hydrogen) atoms. The Labute approximate surface area is 167 Å². The highest BCUT2D eigenvalue weighted by atomic mass is 32.2. The first kappa shape index (κ1) is 20.5. The van der Waals surface area contributed by atoms with E-state index in [9.17, 15) is 13.2 Å². The number of hydrogen-bond acceptors (Lipinski definition) is 8. The number of ether oxygens (including phenoxy) is 2. The van der Waals surface area contributed by atoms with E-state index in [1.54, 1.807) is 31.4 Å². The smallest absolute Gasteiger partial charge is 0.337 e. The number of rotatable bonds is 7. The van der Waals surface area contributed by atoms with Gasteiger partial charge in [0.15, 0.2) is 0 Å². The van der Waals surface area contributed by atoms with Gasteiger partial charge in [0.1, 0.15) is 5.75 Å². The first-order valence-electron chi connectivity index (χ1n) is 8.47. The minimum absolute atomic E-state index is 0.0437. The van der Waals surface area contributed by atoms with Gasteiger partial charge in [0.2, 0.25) is 21.7 Å². The lowest BCUT2D eigenvalue weighted by Crippen LogP contribution is -2.26. The summed E-state index contributed by atoms with van der Waals surface area (Å²) in [5.74, 6) is 0.537. The molecule has 9 nitrogen and oxygen atoms in total. The first-order valence-corrected chi connectivity index (χ1v) is 9.91. The highest BCUT2D eigenvalue weighted by Gasteiger charge is 2.24. The van der Waals surface area contributed by atoms with Gasteiger partial charge in [-0.2, -0.15) is 9.29 Å². The topological polar surface area (TPSA) is 112 Å². The molecule has 0 aliphatic carbocycles. The lowest BCUT2D eigenvalue weighted by molar-refractivity contribution is 0.0600. The van der Waals surface area contributed by atoms with E-state index in [1.165, 1.54) is 38.4 Å². The third-order valence-corrected chi connectivity index (χ3v) is 5.94. The Balaban J connectivity index is 1.78. The molecule has 0 saturated carbocycles. The van der Waals surface area contributed by atoms with Crippen LogP contribution in [0.3, 0.4) is 0 Å². The molecule has 0 amide bonds. The van der Waals surface area contributed by atoms with Crippen LogP contribution in [0.25, 0.3) is 11.4 Å². The van der Waals surface area contributed by atoms with E-state index in [4.69, 9.17) is 9.26 Å². The van der Waals surface area contributed by atoms with E-state index in [2.05, 4.69) is 14.9 Å². The predicted octanol–water partition coefficient (Wildman–Crippen LogP) is 2.35. The Morgan fingerprint density at radius 3 is 2.52 bits per heavy atom. The van der Waals surface area contributed by atoms with Crippen LogP contribution in [0, 0.1) is 0 Å². The number of carbonyl (C=O) groups excluding carboxylic acids is 1. The van der Waals surface area contributed by atoms with Crippen LogP contribution in [-0.4, -0.2) is 50.1 Å². The molecule has 3 aromatic rings. The Morgan fingerprint density at radius 1 is 1.14 bits per heavy atom. The Kier molecular flexibility index (Phi) is 5.95. The zero-order valence-corrected chi connectivity index (χ0v) is 16.8. The van der Waals surface area contributed by atoms with Crippen molar-refractivity contribution in [1.82, 2.24) is 14.4 Å². The van der Waals surface area contributed by atoms with Crippen LogP contribution < -0.4 is 4.74 Å². The summed E-state index contributed by atoms with van der Waals surface area (Å²) in [4.78, 5) is 15.9. The first-order chi connectivity index (χ1) is 13.8. The number of aromatic nitrogens is 2. The second-order valence-electron chi connectivity index (χ2n) is 6.02. The molecular weight excluding hydrogens is 398 g/mol. The Hall–Kier alpha value is -3.24. The molecule has 0 aliphatic heterocycles. The van der Waals surface area contributed by atoms with Gasteiger partial charge in [-0.1, -0.05) is 11.2 Å². The van der Waals surface area contributed by atoms with Crippen molar-refractivity contribution in [2.75, 3.05) is 21.3 Å². The largest absolute Gasteiger partial charge is 0.497 e. The molecule has 0 fully saturated rings. The summed E-state index contributed by atoms with van der Waals surface area (Å²) in [5, 5.41) is 3.89. The molecule has 0 spiro atoms. The lowest BCUT2D eigenvalue weighted by Gasteiger charge is -2.15. The maximum atomic E-state index is 12.8. The van der Waals surface area contributed by atoms with E-state index in [-0.39, 0.29) is 22.9 Å². The minimum Gasteiger partial charge on any atom is -0.497 e. The number of sulfonamides is 1. The van der Waals surface area contributed by atoms with E-state index in [1.807, 2.05) is 0 Å². The number of carbonyl (C=O) groups is 1. The van der Waals surface area contributed by atoms with Gasteiger partial charge in [-0.3, -0.25) is 0 Å². The van der Waals surface area contributed by atoms with Gasteiger partial charge in [-0.25, -0.2) is 13.2 Å². The molecule has 0 saturated heterocycles. The monoisotopic (exact) mass is 417 g/mol. The fourth-order valence-electron chi connectivity index (χ4n) is 2.53. The molecule has 2 aromatic carbocycles. The summed E-state index contributed by atoms with van der Waals surface area (Å²) in [6.45, 7) is -0.131.